The Morgan fingerprint density at radius 3 is 2.73 bits per heavy atom. The van der Waals surface area contributed by atoms with Gasteiger partial charge in [-0.15, -0.1) is 0 Å². The minimum Gasteiger partial charge on any atom is -0.490 e. The molecule has 1 aromatic carbocycles. The number of hydrogen-bond donors (Lipinski definition) is 2. The molecule has 10 nitrogen and oxygen atoms in total. The fraction of sp³-hybridized carbons (Fsp3) is 0.765. The van der Waals surface area contributed by atoms with Crippen molar-refractivity contribution in [3.8, 4) is 5.75 Å². The van der Waals surface area contributed by atoms with Crippen LogP contribution in [-0.4, -0.2) is 124 Å². The summed E-state index contributed by atoms with van der Waals surface area (Å²) < 4.78 is 16.8. The first-order chi connectivity index (χ1) is 21.1. The molecule has 4 aliphatic rings. The molecule has 0 bridgehead atoms. The number of carbonyl (C=O) groups excluding carboxylic acids is 2. The highest BCUT2D eigenvalue weighted by atomic mass is 16.6. The number of carbonyl (C=O) groups is 2. The Morgan fingerprint density at radius 2 is 1.98 bits per heavy atom. The zero-order valence-electron chi connectivity index (χ0n) is 27.4. The summed E-state index contributed by atoms with van der Waals surface area (Å²) in [7, 11) is 7.65. The molecule has 5 unspecified atom stereocenters. The SMILES string of the molecule is COC1CC(CNC(=O)OCCOc2ccc3c(c2)CCC2C3CC[C@@]3(C)C2CC[C@@H]3N(C)C(=O)CN(C)CCO)N(C)C1. The van der Waals surface area contributed by atoms with Gasteiger partial charge in [-0.05, 0) is 105 Å². The van der Waals surface area contributed by atoms with Crippen molar-refractivity contribution in [1.82, 2.24) is 20.0 Å². The van der Waals surface area contributed by atoms with Crippen LogP contribution in [-0.2, 0) is 20.7 Å². The molecule has 0 aromatic heterocycles. The van der Waals surface area contributed by atoms with E-state index in [0.717, 1.165) is 44.4 Å². The Hall–Kier alpha value is -2.40. The van der Waals surface area contributed by atoms with Gasteiger partial charge in [0, 0.05) is 45.9 Å². The summed E-state index contributed by atoms with van der Waals surface area (Å²) in [5.74, 6) is 2.82. The number of amides is 2. The van der Waals surface area contributed by atoms with Crippen molar-refractivity contribution < 1.29 is 28.9 Å². The molecule has 0 radical (unpaired) electrons. The zero-order valence-corrected chi connectivity index (χ0v) is 27.4. The van der Waals surface area contributed by atoms with Gasteiger partial charge in [-0.25, -0.2) is 4.79 Å². The van der Waals surface area contributed by atoms with Gasteiger partial charge in [0.1, 0.15) is 19.0 Å². The first-order valence-electron chi connectivity index (χ1n) is 16.6. The van der Waals surface area contributed by atoms with Gasteiger partial charge in [0.15, 0.2) is 0 Å². The number of nitrogens with zero attached hydrogens (tertiary/aromatic N) is 3. The molecular formula is C34H54N4O6. The lowest BCUT2D eigenvalue weighted by molar-refractivity contribution is -0.136. The number of methoxy groups -OCH3 is 1. The van der Waals surface area contributed by atoms with Crippen molar-refractivity contribution in [2.75, 3.05) is 74.3 Å². The highest BCUT2D eigenvalue weighted by molar-refractivity contribution is 5.78. The van der Waals surface area contributed by atoms with E-state index in [2.05, 4.69) is 35.3 Å². The zero-order chi connectivity index (χ0) is 31.4. The highest BCUT2D eigenvalue weighted by Gasteiger charge is 2.56. The molecule has 3 fully saturated rings. The van der Waals surface area contributed by atoms with Gasteiger partial charge in [0.2, 0.25) is 5.91 Å². The normalized spacial score (nSPS) is 31.2. The number of likely N-dealkylation sites (N-methyl/N-ethyl adjacent to an activating group) is 3. The van der Waals surface area contributed by atoms with E-state index in [-0.39, 0.29) is 42.7 Å². The Morgan fingerprint density at radius 1 is 1.16 bits per heavy atom. The Bertz CT molecular complexity index is 1150. The minimum atomic E-state index is -0.414. The van der Waals surface area contributed by atoms with Gasteiger partial charge in [0.05, 0.1) is 19.3 Å². The number of ether oxygens (including phenoxy) is 3. The lowest BCUT2D eigenvalue weighted by atomic mass is 9.55. The molecule has 1 aliphatic heterocycles. The molecule has 2 saturated carbocycles. The van der Waals surface area contributed by atoms with Crippen molar-refractivity contribution in [3.63, 3.8) is 0 Å². The van der Waals surface area contributed by atoms with E-state index in [1.165, 1.54) is 24.0 Å². The summed E-state index contributed by atoms with van der Waals surface area (Å²) >= 11 is 0. The molecule has 2 amide bonds. The summed E-state index contributed by atoms with van der Waals surface area (Å²) in [6.45, 7) is 5.30. The highest BCUT2D eigenvalue weighted by Crippen LogP contribution is 2.61. The molecule has 5 rings (SSSR count). The van der Waals surface area contributed by atoms with Gasteiger partial charge in [-0.1, -0.05) is 13.0 Å². The second-order valence-corrected chi connectivity index (χ2v) is 13.9. The number of benzene rings is 1. The van der Waals surface area contributed by atoms with E-state index >= 15 is 0 Å². The second-order valence-electron chi connectivity index (χ2n) is 13.9. The van der Waals surface area contributed by atoms with Crippen LogP contribution in [0, 0.1) is 17.3 Å². The number of likely N-dealkylation sites (tertiary alicyclic amines) is 1. The van der Waals surface area contributed by atoms with E-state index in [0.29, 0.717) is 44.0 Å². The van der Waals surface area contributed by atoms with Crippen LogP contribution >= 0.6 is 0 Å². The van der Waals surface area contributed by atoms with Crippen molar-refractivity contribution in [1.29, 1.82) is 0 Å². The topological polar surface area (TPSA) is 104 Å². The molecule has 1 heterocycles. The summed E-state index contributed by atoms with van der Waals surface area (Å²) in [6.07, 6.45) is 7.46. The molecule has 44 heavy (non-hydrogen) atoms. The molecule has 7 atom stereocenters. The smallest absolute Gasteiger partial charge is 0.407 e. The first kappa shape index (κ1) is 33.0. The largest absolute Gasteiger partial charge is 0.490 e. The number of fused-ring (bicyclic) bond motifs is 5. The van der Waals surface area contributed by atoms with E-state index in [1.807, 2.05) is 30.9 Å². The number of aliphatic hydroxyl groups is 1. The number of aliphatic hydroxyl groups excluding tert-OH is 1. The standard InChI is InChI=1S/C34H54N4O6/c1-34-13-12-28-27-9-7-25(43-16-17-44-33(41)35-20-24-19-26(42-5)21-37(24)3)18-23(27)6-8-29(28)30(34)10-11-31(34)38(4)32(40)22-36(2)14-15-39/h7,9,18,24,26,28-31,39H,6,8,10-17,19-22H2,1-5H3,(H,35,41)/t24?,26?,28?,29?,30?,31-,34-/m0/s1. The Labute approximate surface area is 263 Å². The Kier molecular flexibility index (Phi) is 10.8. The average molecular weight is 615 g/mol. The van der Waals surface area contributed by atoms with Crippen LogP contribution in [0.15, 0.2) is 18.2 Å². The molecule has 246 valence electrons. The molecule has 10 heteroatoms. The van der Waals surface area contributed by atoms with Crippen LogP contribution in [0.25, 0.3) is 0 Å². The Balaban J connectivity index is 1.10. The maximum absolute atomic E-state index is 13.1. The van der Waals surface area contributed by atoms with Gasteiger partial charge in [0.25, 0.3) is 0 Å². The average Bonchev–Trinajstić information content (AvgIpc) is 3.56. The van der Waals surface area contributed by atoms with Crippen molar-refractivity contribution in [2.24, 2.45) is 17.3 Å². The third kappa shape index (κ3) is 7.03. The maximum Gasteiger partial charge on any atom is 0.407 e. The van der Waals surface area contributed by atoms with Gasteiger partial charge < -0.3 is 29.5 Å². The number of aryl methyl sites for hydroxylation is 1. The maximum atomic E-state index is 13.1. The van der Waals surface area contributed by atoms with Gasteiger partial charge in [-0.2, -0.15) is 0 Å². The molecular weight excluding hydrogens is 560 g/mol. The predicted octanol–water partition coefficient (Wildman–Crippen LogP) is 3.12. The van der Waals surface area contributed by atoms with Crippen LogP contribution in [0.3, 0.4) is 0 Å². The second kappa shape index (κ2) is 14.4. The summed E-state index contributed by atoms with van der Waals surface area (Å²) in [4.78, 5) is 31.4. The van der Waals surface area contributed by atoms with Crippen LogP contribution < -0.4 is 10.1 Å². The lowest BCUT2D eigenvalue weighted by Gasteiger charge is -2.52. The predicted molar refractivity (Wildman–Crippen MR) is 169 cm³/mol. The van der Waals surface area contributed by atoms with Crippen LogP contribution in [0.5, 0.6) is 5.75 Å². The van der Waals surface area contributed by atoms with E-state index in [1.54, 1.807) is 7.11 Å². The third-order valence-corrected chi connectivity index (χ3v) is 11.4. The number of hydrogen-bond acceptors (Lipinski definition) is 8. The van der Waals surface area contributed by atoms with Crippen molar-refractivity contribution in [2.45, 2.75) is 76.0 Å². The van der Waals surface area contributed by atoms with Gasteiger partial charge >= 0.3 is 6.09 Å². The van der Waals surface area contributed by atoms with Gasteiger partial charge in [-0.3, -0.25) is 14.6 Å². The molecule has 1 saturated heterocycles. The van der Waals surface area contributed by atoms with E-state index in [4.69, 9.17) is 14.2 Å². The third-order valence-electron chi connectivity index (χ3n) is 11.4. The van der Waals surface area contributed by atoms with Crippen LogP contribution in [0.4, 0.5) is 4.79 Å². The summed E-state index contributed by atoms with van der Waals surface area (Å²) in [5, 5.41) is 12.1. The molecule has 1 aromatic rings. The van der Waals surface area contributed by atoms with Crippen LogP contribution in [0.1, 0.15) is 62.5 Å². The number of alkyl carbamates (subject to hydrolysis) is 1. The number of nitrogens with one attached hydrogen (secondary N) is 1. The summed E-state index contributed by atoms with van der Waals surface area (Å²) in [5.41, 5.74) is 3.00. The molecule has 2 N–H and O–H groups in total. The summed E-state index contributed by atoms with van der Waals surface area (Å²) in [6, 6.07) is 7.06. The molecule has 3 aliphatic carbocycles. The molecule has 0 spiro atoms. The lowest BCUT2D eigenvalue weighted by Crippen LogP contribution is -2.52. The quantitative estimate of drug-likeness (QED) is 0.347. The fourth-order valence-electron chi connectivity index (χ4n) is 9.01. The van der Waals surface area contributed by atoms with E-state index in [9.17, 15) is 14.7 Å². The van der Waals surface area contributed by atoms with E-state index < -0.39 is 6.09 Å². The number of rotatable bonds is 12. The monoisotopic (exact) mass is 614 g/mol. The first-order valence-corrected chi connectivity index (χ1v) is 16.6. The minimum absolute atomic E-state index is 0.0667. The van der Waals surface area contributed by atoms with Crippen LogP contribution in [0.2, 0.25) is 0 Å². The fourth-order valence-corrected chi connectivity index (χ4v) is 9.01. The van der Waals surface area contributed by atoms with Crippen molar-refractivity contribution >= 4 is 12.0 Å². The van der Waals surface area contributed by atoms with Crippen molar-refractivity contribution in [3.05, 3.63) is 29.3 Å².